The molecule has 1 aliphatic heterocycles. The summed E-state index contributed by atoms with van der Waals surface area (Å²) in [6, 6.07) is 7.24. The number of hydrogen-bond donors (Lipinski definition) is 2. The van der Waals surface area contributed by atoms with Crippen LogP contribution in [0.1, 0.15) is 5.56 Å². The van der Waals surface area contributed by atoms with Crippen LogP contribution in [0.5, 0.6) is 0 Å². The summed E-state index contributed by atoms with van der Waals surface area (Å²) in [6.45, 7) is 3.70. The molecular weight excluding hydrogens is 272 g/mol. The zero-order chi connectivity index (χ0) is 12.0. The molecule has 2 unspecified atom stereocenters. The van der Waals surface area contributed by atoms with Gasteiger partial charge in [-0.15, -0.1) is 12.4 Å². The molecule has 4 nitrogen and oxygen atoms in total. The highest BCUT2D eigenvalue weighted by Crippen LogP contribution is 2.42. The van der Waals surface area contributed by atoms with Gasteiger partial charge in [0, 0.05) is 6.04 Å². The van der Waals surface area contributed by atoms with Crippen LogP contribution in [0.15, 0.2) is 29.2 Å². The van der Waals surface area contributed by atoms with Gasteiger partial charge >= 0.3 is 0 Å². The van der Waals surface area contributed by atoms with Crippen LogP contribution in [-0.4, -0.2) is 27.5 Å². The second-order valence-corrected chi connectivity index (χ2v) is 6.58. The number of aryl methyl sites for hydroxylation is 1. The van der Waals surface area contributed by atoms with Gasteiger partial charge in [-0.05, 0) is 43.5 Å². The van der Waals surface area contributed by atoms with E-state index in [0.717, 1.165) is 18.7 Å². The summed E-state index contributed by atoms with van der Waals surface area (Å²) < 4.78 is 27.2. The van der Waals surface area contributed by atoms with Crippen LogP contribution in [0.2, 0.25) is 0 Å². The first-order valence-electron chi connectivity index (χ1n) is 5.88. The maximum Gasteiger partial charge on any atom is 0.241 e. The molecule has 0 radical (unpaired) electrons. The average molecular weight is 289 g/mol. The zero-order valence-electron chi connectivity index (χ0n) is 10.1. The first-order chi connectivity index (χ1) is 8.09. The summed E-state index contributed by atoms with van der Waals surface area (Å²) in [6.07, 6.45) is 0. The maximum atomic E-state index is 12.2. The van der Waals surface area contributed by atoms with Crippen LogP contribution < -0.4 is 10.0 Å². The minimum atomic E-state index is -3.35. The van der Waals surface area contributed by atoms with Crippen LogP contribution >= 0.6 is 12.4 Å². The van der Waals surface area contributed by atoms with Crippen molar-refractivity contribution in [3.8, 4) is 0 Å². The minimum Gasteiger partial charge on any atom is -0.316 e. The van der Waals surface area contributed by atoms with Gasteiger partial charge in [-0.25, -0.2) is 13.1 Å². The number of sulfonamides is 1. The van der Waals surface area contributed by atoms with Gasteiger partial charge in [-0.2, -0.15) is 0 Å². The van der Waals surface area contributed by atoms with Gasteiger partial charge in [-0.1, -0.05) is 18.2 Å². The summed E-state index contributed by atoms with van der Waals surface area (Å²) >= 11 is 0. The molecular formula is C12H17ClN2O2S. The smallest absolute Gasteiger partial charge is 0.241 e. The highest BCUT2D eigenvalue weighted by atomic mass is 35.5. The van der Waals surface area contributed by atoms with E-state index < -0.39 is 10.0 Å². The molecule has 3 rings (SSSR count). The molecule has 2 aliphatic rings. The molecule has 0 aromatic heterocycles. The maximum absolute atomic E-state index is 12.2. The normalized spacial score (nSPS) is 29.5. The van der Waals surface area contributed by atoms with E-state index in [2.05, 4.69) is 10.0 Å². The lowest BCUT2D eigenvalue weighted by Gasteiger charge is -2.10. The third-order valence-electron chi connectivity index (χ3n) is 3.77. The molecule has 1 aliphatic carbocycles. The lowest BCUT2D eigenvalue weighted by Crippen LogP contribution is -2.32. The first-order valence-corrected chi connectivity index (χ1v) is 7.36. The summed E-state index contributed by atoms with van der Waals surface area (Å²) in [5, 5.41) is 3.25. The van der Waals surface area contributed by atoms with Crippen molar-refractivity contribution in [1.29, 1.82) is 0 Å². The topological polar surface area (TPSA) is 58.2 Å². The Morgan fingerprint density at radius 3 is 2.44 bits per heavy atom. The molecule has 1 saturated heterocycles. The third-order valence-corrected chi connectivity index (χ3v) is 5.39. The standard InChI is InChI=1S/C12H16N2O2S.ClH/c1-8-4-2-3-5-11(8)17(15,16)14-12-9-6-13-7-10(9)12;/h2-5,9-10,12-14H,6-7H2,1H3;1H. The Hall–Kier alpha value is -0.620. The van der Waals surface area contributed by atoms with Crippen molar-refractivity contribution >= 4 is 22.4 Å². The molecule has 100 valence electrons. The molecule has 0 spiro atoms. The van der Waals surface area contributed by atoms with E-state index in [9.17, 15) is 8.42 Å². The Morgan fingerprint density at radius 2 is 1.83 bits per heavy atom. The predicted octanol–water partition coefficient (Wildman–Crippen LogP) is 0.913. The second kappa shape index (κ2) is 4.81. The summed E-state index contributed by atoms with van der Waals surface area (Å²) in [5.41, 5.74) is 0.795. The molecule has 1 aromatic carbocycles. The number of benzene rings is 1. The van der Waals surface area contributed by atoms with Crippen molar-refractivity contribution in [3.05, 3.63) is 29.8 Å². The largest absolute Gasteiger partial charge is 0.316 e. The van der Waals surface area contributed by atoms with Gasteiger partial charge in [0.25, 0.3) is 0 Å². The van der Waals surface area contributed by atoms with Crippen LogP contribution in [0, 0.1) is 18.8 Å². The number of nitrogens with one attached hydrogen (secondary N) is 2. The van der Waals surface area contributed by atoms with E-state index in [-0.39, 0.29) is 18.4 Å². The van der Waals surface area contributed by atoms with Crippen LogP contribution in [0.25, 0.3) is 0 Å². The van der Waals surface area contributed by atoms with E-state index in [1.54, 1.807) is 12.1 Å². The lowest BCUT2D eigenvalue weighted by molar-refractivity contribution is 0.564. The summed E-state index contributed by atoms with van der Waals surface area (Å²) in [4.78, 5) is 0.401. The number of halogens is 1. The molecule has 1 saturated carbocycles. The van der Waals surface area contributed by atoms with Gasteiger partial charge in [0.1, 0.15) is 0 Å². The fourth-order valence-electron chi connectivity index (χ4n) is 2.69. The minimum absolute atomic E-state index is 0. The molecule has 2 N–H and O–H groups in total. The van der Waals surface area contributed by atoms with Crippen LogP contribution in [0.3, 0.4) is 0 Å². The van der Waals surface area contributed by atoms with Gasteiger partial charge < -0.3 is 5.32 Å². The fraction of sp³-hybridized carbons (Fsp3) is 0.500. The molecule has 18 heavy (non-hydrogen) atoms. The fourth-order valence-corrected chi connectivity index (χ4v) is 4.28. The Labute approximate surface area is 114 Å². The summed E-state index contributed by atoms with van der Waals surface area (Å²) in [5.74, 6) is 0.989. The van der Waals surface area contributed by atoms with Crippen molar-refractivity contribution in [2.24, 2.45) is 11.8 Å². The van der Waals surface area contributed by atoms with Crippen LogP contribution in [0.4, 0.5) is 0 Å². The van der Waals surface area contributed by atoms with Crippen molar-refractivity contribution in [2.75, 3.05) is 13.1 Å². The van der Waals surface area contributed by atoms with Gasteiger partial charge in [0.2, 0.25) is 10.0 Å². The lowest BCUT2D eigenvalue weighted by atomic mass is 10.2. The van der Waals surface area contributed by atoms with Crippen LogP contribution in [-0.2, 0) is 10.0 Å². The van der Waals surface area contributed by atoms with Crippen molar-refractivity contribution in [2.45, 2.75) is 17.9 Å². The molecule has 1 aromatic rings. The molecule has 2 fully saturated rings. The highest BCUT2D eigenvalue weighted by molar-refractivity contribution is 7.89. The quantitative estimate of drug-likeness (QED) is 0.869. The first kappa shape index (κ1) is 13.8. The van der Waals surface area contributed by atoms with E-state index in [0.29, 0.717) is 16.7 Å². The number of hydrogen-bond acceptors (Lipinski definition) is 3. The van der Waals surface area contributed by atoms with E-state index in [4.69, 9.17) is 0 Å². The van der Waals surface area contributed by atoms with Crippen molar-refractivity contribution in [3.63, 3.8) is 0 Å². The van der Waals surface area contributed by atoms with E-state index >= 15 is 0 Å². The Balaban J connectivity index is 0.00000120. The summed E-state index contributed by atoms with van der Waals surface area (Å²) in [7, 11) is -3.35. The molecule has 0 amide bonds. The highest BCUT2D eigenvalue weighted by Gasteiger charge is 2.54. The zero-order valence-corrected chi connectivity index (χ0v) is 11.7. The second-order valence-electron chi connectivity index (χ2n) is 4.90. The third kappa shape index (κ3) is 2.28. The van der Waals surface area contributed by atoms with Gasteiger partial charge in [0.05, 0.1) is 4.90 Å². The van der Waals surface area contributed by atoms with E-state index in [1.165, 1.54) is 0 Å². The van der Waals surface area contributed by atoms with E-state index in [1.807, 2.05) is 19.1 Å². The Bertz CT molecular complexity index is 537. The van der Waals surface area contributed by atoms with Crippen molar-refractivity contribution in [1.82, 2.24) is 10.0 Å². The number of fused-ring (bicyclic) bond motifs is 1. The number of rotatable bonds is 3. The predicted molar refractivity (Wildman–Crippen MR) is 72.4 cm³/mol. The Morgan fingerprint density at radius 1 is 1.22 bits per heavy atom. The monoisotopic (exact) mass is 288 g/mol. The van der Waals surface area contributed by atoms with Gasteiger partial charge in [-0.3, -0.25) is 0 Å². The SMILES string of the molecule is Cc1ccccc1S(=O)(=O)NC1C2CNCC21.Cl. The molecule has 6 heteroatoms. The molecule has 1 heterocycles. The molecule has 0 bridgehead atoms. The average Bonchev–Trinajstić information content (AvgIpc) is 2.75. The van der Waals surface area contributed by atoms with Crippen molar-refractivity contribution < 1.29 is 8.42 Å². The number of piperidine rings is 1. The Kier molecular flexibility index (Phi) is 3.69. The van der Waals surface area contributed by atoms with Gasteiger partial charge in [0.15, 0.2) is 0 Å². The molecule has 2 atom stereocenters.